The van der Waals surface area contributed by atoms with Crippen molar-refractivity contribution < 1.29 is 9.90 Å². The molecular formula is C16H13ClN2O2. The Morgan fingerprint density at radius 2 is 2.05 bits per heavy atom. The maximum atomic E-state index is 12.2. The molecule has 0 aliphatic rings. The highest BCUT2D eigenvalue weighted by atomic mass is 35.5. The molecule has 0 heterocycles. The van der Waals surface area contributed by atoms with Gasteiger partial charge in [0.2, 0.25) is 0 Å². The Morgan fingerprint density at radius 1 is 1.29 bits per heavy atom. The minimum Gasteiger partial charge on any atom is -0.507 e. The summed E-state index contributed by atoms with van der Waals surface area (Å²) in [6.45, 7) is 0.236. The van der Waals surface area contributed by atoms with Crippen molar-refractivity contribution >= 4 is 23.2 Å². The van der Waals surface area contributed by atoms with Gasteiger partial charge in [0.25, 0.3) is 5.91 Å². The van der Waals surface area contributed by atoms with E-state index in [1.54, 1.807) is 18.2 Å². The number of nitrogens with one attached hydrogen (secondary N) is 1. The molecule has 0 saturated heterocycles. The number of hydrogen-bond acceptors (Lipinski definition) is 3. The number of carbonyl (C=O) groups is 1. The second-order valence-corrected chi connectivity index (χ2v) is 4.60. The number of para-hydroxylation sites is 1. The molecule has 4 N–H and O–H groups in total. The molecule has 5 heteroatoms. The van der Waals surface area contributed by atoms with Crippen molar-refractivity contribution in [3.63, 3.8) is 0 Å². The van der Waals surface area contributed by atoms with Gasteiger partial charge in [-0.15, -0.1) is 0 Å². The Labute approximate surface area is 127 Å². The van der Waals surface area contributed by atoms with Crippen LogP contribution in [0.1, 0.15) is 15.9 Å². The number of rotatable bonds is 2. The first-order valence-corrected chi connectivity index (χ1v) is 6.57. The standard InChI is InChI=1S/C16H13ClN2O2/c17-12-7-8-13(15(20)10-12)16(21)19-14-6-2-1-4-11(14)5-3-9-18/h1-2,4,6-8,10,20H,9,18H2,(H,19,21). The number of anilines is 1. The van der Waals surface area contributed by atoms with Crippen LogP contribution in [0.15, 0.2) is 42.5 Å². The first-order chi connectivity index (χ1) is 10.1. The predicted octanol–water partition coefficient (Wildman–Crippen LogP) is 2.61. The summed E-state index contributed by atoms with van der Waals surface area (Å²) in [5.74, 6) is 5.00. The second kappa shape index (κ2) is 6.80. The highest BCUT2D eigenvalue weighted by Gasteiger charge is 2.12. The molecule has 0 aliphatic carbocycles. The molecule has 2 aromatic rings. The number of benzene rings is 2. The molecule has 0 bridgehead atoms. The van der Waals surface area contributed by atoms with Gasteiger partial charge in [-0.3, -0.25) is 4.79 Å². The van der Waals surface area contributed by atoms with Gasteiger partial charge < -0.3 is 16.2 Å². The van der Waals surface area contributed by atoms with E-state index in [1.165, 1.54) is 18.2 Å². The average molecular weight is 301 g/mol. The molecule has 0 fully saturated rings. The van der Waals surface area contributed by atoms with E-state index in [4.69, 9.17) is 17.3 Å². The lowest BCUT2D eigenvalue weighted by atomic mass is 10.1. The zero-order chi connectivity index (χ0) is 15.2. The Bertz CT molecular complexity index is 733. The summed E-state index contributed by atoms with van der Waals surface area (Å²) in [4.78, 5) is 12.2. The lowest BCUT2D eigenvalue weighted by Gasteiger charge is -2.09. The molecule has 1 amide bonds. The molecule has 2 rings (SSSR count). The van der Waals surface area contributed by atoms with Crippen molar-refractivity contribution in [2.75, 3.05) is 11.9 Å². The SMILES string of the molecule is NCC#Cc1ccccc1NC(=O)c1ccc(Cl)cc1O. The van der Waals surface area contributed by atoms with Crippen molar-refractivity contribution in [3.8, 4) is 17.6 Å². The summed E-state index contributed by atoms with van der Waals surface area (Å²) in [7, 11) is 0. The third kappa shape index (κ3) is 3.76. The van der Waals surface area contributed by atoms with Crippen LogP contribution < -0.4 is 11.1 Å². The molecule has 0 aliphatic heterocycles. The number of aromatic hydroxyl groups is 1. The Kier molecular flexibility index (Phi) is 4.83. The quantitative estimate of drug-likeness (QED) is 0.746. The smallest absolute Gasteiger partial charge is 0.259 e. The van der Waals surface area contributed by atoms with E-state index in [2.05, 4.69) is 17.2 Å². The van der Waals surface area contributed by atoms with E-state index in [0.29, 0.717) is 16.3 Å². The fraction of sp³-hybridized carbons (Fsp3) is 0.0625. The van der Waals surface area contributed by atoms with Crippen molar-refractivity contribution in [3.05, 3.63) is 58.6 Å². The van der Waals surface area contributed by atoms with Gasteiger partial charge in [-0.2, -0.15) is 0 Å². The largest absolute Gasteiger partial charge is 0.507 e. The number of nitrogens with two attached hydrogens (primary N) is 1. The third-order valence-corrected chi connectivity index (χ3v) is 2.94. The van der Waals surface area contributed by atoms with Crippen LogP contribution >= 0.6 is 11.6 Å². The Hall–Kier alpha value is -2.48. The number of hydrogen-bond donors (Lipinski definition) is 3. The van der Waals surface area contributed by atoms with Crippen LogP contribution in [-0.4, -0.2) is 17.6 Å². The molecule has 0 saturated carbocycles. The second-order valence-electron chi connectivity index (χ2n) is 4.17. The average Bonchev–Trinajstić information content (AvgIpc) is 2.46. The Balaban J connectivity index is 2.27. The highest BCUT2D eigenvalue weighted by Crippen LogP contribution is 2.23. The van der Waals surface area contributed by atoms with Gasteiger partial charge in [0.15, 0.2) is 0 Å². The molecule has 106 valence electrons. The Morgan fingerprint density at radius 3 is 2.76 bits per heavy atom. The monoisotopic (exact) mass is 300 g/mol. The molecule has 0 unspecified atom stereocenters. The van der Waals surface area contributed by atoms with Crippen LogP contribution in [0.4, 0.5) is 5.69 Å². The van der Waals surface area contributed by atoms with Crippen LogP contribution in [0.3, 0.4) is 0 Å². The summed E-state index contributed by atoms with van der Waals surface area (Å²) >= 11 is 5.74. The molecule has 21 heavy (non-hydrogen) atoms. The van der Waals surface area contributed by atoms with Gasteiger partial charge in [-0.05, 0) is 30.3 Å². The summed E-state index contributed by atoms with van der Waals surface area (Å²) in [6, 6.07) is 11.4. The molecule has 0 atom stereocenters. The van der Waals surface area contributed by atoms with Crippen LogP contribution in [0.5, 0.6) is 5.75 Å². The molecule has 0 aromatic heterocycles. The third-order valence-electron chi connectivity index (χ3n) is 2.70. The van der Waals surface area contributed by atoms with Crippen LogP contribution in [0, 0.1) is 11.8 Å². The fourth-order valence-corrected chi connectivity index (χ4v) is 1.90. The first kappa shape index (κ1) is 14.9. The summed E-state index contributed by atoms with van der Waals surface area (Å²) in [5.41, 5.74) is 6.70. The van der Waals surface area contributed by atoms with Crippen molar-refractivity contribution in [2.45, 2.75) is 0 Å². The van der Waals surface area contributed by atoms with Gasteiger partial charge in [0, 0.05) is 10.6 Å². The van der Waals surface area contributed by atoms with E-state index in [1.807, 2.05) is 6.07 Å². The molecule has 0 spiro atoms. The lowest BCUT2D eigenvalue weighted by molar-refractivity contribution is 0.102. The number of carbonyl (C=O) groups excluding carboxylic acids is 1. The van der Waals surface area contributed by atoms with E-state index in [-0.39, 0.29) is 17.9 Å². The number of phenolic OH excluding ortho intramolecular Hbond substituents is 1. The van der Waals surface area contributed by atoms with Gasteiger partial charge in [0.1, 0.15) is 5.75 Å². The summed E-state index contributed by atoms with van der Waals surface area (Å²) in [6.07, 6.45) is 0. The maximum Gasteiger partial charge on any atom is 0.259 e. The minimum atomic E-state index is -0.439. The van der Waals surface area contributed by atoms with Crippen LogP contribution in [-0.2, 0) is 0 Å². The summed E-state index contributed by atoms with van der Waals surface area (Å²) < 4.78 is 0. The normalized spacial score (nSPS) is 9.62. The molecule has 2 aromatic carbocycles. The van der Waals surface area contributed by atoms with E-state index >= 15 is 0 Å². The van der Waals surface area contributed by atoms with E-state index in [9.17, 15) is 9.90 Å². The molecule has 0 radical (unpaired) electrons. The zero-order valence-electron chi connectivity index (χ0n) is 11.1. The maximum absolute atomic E-state index is 12.2. The number of halogens is 1. The zero-order valence-corrected chi connectivity index (χ0v) is 11.8. The fourth-order valence-electron chi connectivity index (χ4n) is 1.73. The van der Waals surface area contributed by atoms with Crippen molar-refractivity contribution in [1.82, 2.24) is 0 Å². The van der Waals surface area contributed by atoms with Gasteiger partial charge in [-0.1, -0.05) is 35.6 Å². The molecular weight excluding hydrogens is 288 g/mol. The van der Waals surface area contributed by atoms with E-state index in [0.717, 1.165) is 0 Å². The molecule has 4 nitrogen and oxygen atoms in total. The van der Waals surface area contributed by atoms with Gasteiger partial charge >= 0.3 is 0 Å². The lowest BCUT2D eigenvalue weighted by Crippen LogP contribution is -2.13. The van der Waals surface area contributed by atoms with Gasteiger partial charge in [-0.25, -0.2) is 0 Å². The topological polar surface area (TPSA) is 75.3 Å². The predicted molar refractivity (Wildman–Crippen MR) is 83.4 cm³/mol. The minimum absolute atomic E-state index is 0.140. The van der Waals surface area contributed by atoms with Crippen molar-refractivity contribution in [1.29, 1.82) is 0 Å². The van der Waals surface area contributed by atoms with Crippen molar-refractivity contribution in [2.24, 2.45) is 5.73 Å². The summed E-state index contributed by atoms with van der Waals surface area (Å²) in [5, 5.41) is 12.8. The van der Waals surface area contributed by atoms with Crippen LogP contribution in [0.2, 0.25) is 5.02 Å². The highest BCUT2D eigenvalue weighted by molar-refractivity contribution is 6.31. The van der Waals surface area contributed by atoms with E-state index < -0.39 is 5.91 Å². The van der Waals surface area contributed by atoms with Gasteiger partial charge in [0.05, 0.1) is 17.8 Å². The number of amides is 1. The first-order valence-electron chi connectivity index (χ1n) is 6.19. The number of phenols is 1. The van der Waals surface area contributed by atoms with Crippen LogP contribution in [0.25, 0.3) is 0 Å².